The number of ether oxygens (including phenoxy) is 8. The van der Waals surface area contributed by atoms with Gasteiger partial charge in [0.15, 0.2) is 0 Å². The maximum atomic E-state index is 17.5. The van der Waals surface area contributed by atoms with Gasteiger partial charge in [-0.05, 0) is 224 Å². The average Bonchev–Trinajstić information content (AvgIpc) is 0.669. The molecular formula is C108H112N2O12. The maximum Gasteiger partial charge on any atom is 0.266 e. The minimum Gasteiger partial charge on any atom is -0.490 e. The third-order valence-corrected chi connectivity index (χ3v) is 23.5. The number of carbonyl (C=O) groups excluding carboxylic acids is 4. The number of nitrogens with zero attached hydrogens (tertiary/aromatic N) is 2. The van der Waals surface area contributed by atoms with Crippen LogP contribution in [0.1, 0.15) is 266 Å². The number of hydrogen-bond donors (Lipinski definition) is 0. The minimum atomic E-state index is -0.640. The van der Waals surface area contributed by atoms with E-state index >= 15 is 19.2 Å². The summed E-state index contributed by atoms with van der Waals surface area (Å²) in [6.07, 6.45) is 1.80. The number of imide groups is 2. The molecule has 0 unspecified atom stereocenters. The summed E-state index contributed by atoms with van der Waals surface area (Å²) in [6, 6.07) is 61.6. The van der Waals surface area contributed by atoms with Gasteiger partial charge in [-0.1, -0.05) is 200 Å². The highest BCUT2D eigenvalue weighted by atomic mass is 16.5. The first-order valence-electron chi connectivity index (χ1n) is 43.3. The largest absolute Gasteiger partial charge is 0.490 e. The monoisotopic (exact) mass is 1630 g/mol. The van der Waals surface area contributed by atoms with Crippen LogP contribution < -0.4 is 42.8 Å². The van der Waals surface area contributed by atoms with Crippen LogP contribution in [-0.4, -0.2) is 59.5 Å². The molecule has 14 nitrogen and oxygen atoms in total. The first-order valence-corrected chi connectivity index (χ1v) is 43.3. The Hall–Kier alpha value is -12.2. The summed E-state index contributed by atoms with van der Waals surface area (Å²) in [5.74, 6) is 3.25. The lowest BCUT2D eigenvalue weighted by atomic mass is 9.80. The van der Waals surface area contributed by atoms with Crippen molar-refractivity contribution in [3.63, 3.8) is 0 Å². The highest BCUT2D eigenvalue weighted by Gasteiger charge is 2.43. The second kappa shape index (κ2) is 32.0. The van der Waals surface area contributed by atoms with Crippen molar-refractivity contribution in [2.24, 2.45) is 0 Å². The molecule has 16 rings (SSSR count). The maximum absolute atomic E-state index is 17.5. The average molecular weight is 1630 g/mol. The molecule has 2 heterocycles. The fraction of sp³-hybridized carbons (Fsp3) is 0.333. The van der Waals surface area contributed by atoms with Gasteiger partial charge in [0.2, 0.25) is 0 Å². The number of rotatable bonds is 20. The lowest BCUT2D eigenvalue weighted by Crippen LogP contribution is -2.41. The van der Waals surface area contributed by atoms with E-state index in [1.807, 2.05) is 158 Å². The Morgan fingerprint density at radius 2 is 0.533 bits per heavy atom. The number of benzene rings is 13. The smallest absolute Gasteiger partial charge is 0.266 e. The third-order valence-electron chi connectivity index (χ3n) is 23.5. The van der Waals surface area contributed by atoms with Crippen molar-refractivity contribution in [2.45, 2.75) is 230 Å². The zero-order valence-corrected chi connectivity index (χ0v) is 74.5. The quantitative estimate of drug-likeness (QED) is 0.0406. The van der Waals surface area contributed by atoms with Crippen molar-refractivity contribution in [3.8, 4) is 69.0 Å². The fourth-order valence-electron chi connectivity index (χ4n) is 17.5. The van der Waals surface area contributed by atoms with Crippen LogP contribution in [-0.2, 0) is 47.3 Å². The molecule has 2 aliphatic heterocycles. The van der Waals surface area contributed by atoms with Gasteiger partial charge in [0, 0.05) is 86.4 Å². The number of unbranched alkanes of at least 4 members (excludes halogenated alkanes) is 1. The van der Waals surface area contributed by atoms with Crippen molar-refractivity contribution < 1.29 is 57.1 Å². The van der Waals surface area contributed by atoms with E-state index < -0.39 is 23.6 Å². The summed E-state index contributed by atoms with van der Waals surface area (Å²) in [6.45, 7) is 44.3. The Bertz CT molecular complexity index is 5950. The Balaban J connectivity index is 1.04. The predicted molar refractivity (Wildman–Crippen MR) is 490 cm³/mol. The molecule has 0 spiro atoms. The molecule has 0 radical (unpaired) electrons. The standard InChI is InChI=1S/C108H112N2O12/c1-22-23-49-109-101(111)81-56-85(119-77-41-33-72(34-42-77)105(10,11)12)91-93-87(121-79-45-37-74(38-46-79)107(16,17)18)58-83-90-84(59-88(122-80-47-39-75(40-48-80)108(19,20)21)94(96(90)93)92-86(57-82(102(109)112)89(81)95(91)92)120-78-43-35-73(36-44-78)106(13,14)15)104(114)110(103(83)113)76-54-70-52-68-31-25-29-66(98(68)116-61(4)5)50-64-27-24-28-65(97(64)115-60(2)3)51-67-30-26-32-69(99(67)117-62(6)7)53-71(55-76)100(70)118-63(8)9/h24-48,54-63H,22-23,49-53H2,1-21H3. The summed E-state index contributed by atoms with van der Waals surface area (Å²) < 4.78 is 58.2. The van der Waals surface area contributed by atoms with Crippen LogP contribution >= 0.6 is 0 Å². The molecule has 1 aliphatic carbocycles. The lowest BCUT2D eigenvalue weighted by Gasteiger charge is -2.33. The van der Waals surface area contributed by atoms with Crippen LogP contribution in [0.15, 0.2) is 188 Å². The van der Waals surface area contributed by atoms with Gasteiger partial charge in [0.1, 0.15) is 69.0 Å². The first-order chi connectivity index (χ1) is 57.9. The molecule has 0 fully saturated rings. The summed E-state index contributed by atoms with van der Waals surface area (Å²) in [4.78, 5) is 69.4. The molecule has 3 aliphatic rings. The van der Waals surface area contributed by atoms with Gasteiger partial charge in [0.25, 0.3) is 23.6 Å². The zero-order chi connectivity index (χ0) is 86.7. The molecular weight excluding hydrogens is 1520 g/mol. The second-order valence-corrected chi connectivity index (χ2v) is 38.4. The Labute approximate surface area is 717 Å². The van der Waals surface area contributed by atoms with Crippen molar-refractivity contribution in [2.75, 3.05) is 11.4 Å². The van der Waals surface area contributed by atoms with Gasteiger partial charge in [-0.2, -0.15) is 0 Å². The summed E-state index contributed by atoms with van der Waals surface area (Å²) in [5, 5.41) is 3.17. The van der Waals surface area contributed by atoms with Crippen LogP contribution in [0.5, 0.6) is 69.0 Å². The van der Waals surface area contributed by atoms with Crippen LogP contribution in [0.3, 0.4) is 0 Å². The van der Waals surface area contributed by atoms with Gasteiger partial charge < -0.3 is 37.9 Å². The van der Waals surface area contributed by atoms with Gasteiger partial charge in [0.05, 0.1) is 52.4 Å². The Kier molecular flexibility index (Phi) is 21.9. The number of carbonyl (C=O) groups is 4. The second-order valence-electron chi connectivity index (χ2n) is 38.4. The van der Waals surface area contributed by atoms with E-state index in [0.29, 0.717) is 120 Å². The fourth-order valence-corrected chi connectivity index (χ4v) is 17.5. The van der Waals surface area contributed by atoms with E-state index in [1.54, 1.807) is 24.3 Å². The molecule has 13 aromatic rings. The topological polar surface area (TPSA) is 149 Å². The highest BCUT2D eigenvalue weighted by Crippen LogP contribution is 2.59. The SMILES string of the molecule is CCCCN1C(=O)c2cc(Oc3ccc(C(C)(C)C)cc3)c3c4c(Oc5ccc(C(C)(C)C)cc5)cc5c6c(cc(Oc7ccc(C(C)(C)C)cc7)c(c7c(Oc8ccc(C(C)(C)C)cc8)cc(c2c37)C1=O)c64)C(=O)N(c1cc2c(OC(C)C)c(c1)Cc1cccc(c1OC(C)C)Cc1cccc(c1OC(C)C)Cc1cccc(c1OC(C)C)C2)C5=O. The molecule has 0 saturated heterocycles. The Morgan fingerprint density at radius 3 is 0.770 bits per heavy atom. The van der Waals surface area contributed by atoms with E-state index in [2.05, 4.69) is 152 Å². The Morgan fingerprint density at radius 1 is 0.295 bits per heavy atom. The van der Waals surface area contributed by atoms with Gasteiger partial charge in [-0.25, -0.2) is 4.90 Å². The highest BCUT2D eigenvalue weighted by molar-refractivity contribution is 6.46. The van der Waals surface area contributed by atoms with Crippen LogP contribution in [0.2, 0.25) is 0 Å². The van der Waals surface area contributed by atoms with Crippen molar-refractivity contribution >= 4 is 72.4 Å². The van der Waals surface area contributed by atoms with E-state index in [0.717, 1.165) is 61.4 Å². The molecule has 0 aromatic heterocycles. The number of para-hydroxylation sites is 3. The number of fused-ring (bicyclic) bond motifs is 10. The van der Waals surface area contributed by atoms with Crippen LogP contribution in [0, 0.1) is 0 Å². The zero-order valence-electron chi connectivity index (χ0n) is 74.5. The van der Waals surface area contributed by atoms with Gasteiger partial charge >= 0.3 is 0 Å². The number of amides is 4. The first kappa shape index (κ1) is 83.5. The van der Waals surface area contributed by atoms with Crippen molar-refractivity contribution in [1.82, 2.24) is 4.90 Å². The summed E-state index contributed by atoms with van der Waals surface area (Å²) >= 11 is 0. The summed E-state index contributed by atoms with van der Waals surface area (Å²) in [5.41, 5.74) is 11.4. The van der Waals surface area contributed by atoms with E-state index in [9.17, 15) is 0 Å². The molecule has 14 heteroatoms. The summed E-state index contributed by atoms with van der Waals surface area (Å²) in [7, 11) is 0. The molecule has 626 valence electrons. The molecule has 0 atom stereocenters. The van der Waals surface area contributed by atoms with Crippen molar-refractivity contribution in [3.05, 3.63) is 277 Å². The normalized spacial score (nSPS) is 13.9. The third kappa shape index (κ3) is 15.9. The molecule has 13 aromatic carbocycles. The predicted octanol–water partition coefficient (Wildman–Crippen LogP) is 27.1. The molecule has 0 N–H and O–H groups in total. The van der Waals surface area contributed by atoms with Gasteiger partial charge in [-0.3, -0.25) is 24.1 Å². The lowest BCUT2D eigenvalue weighted by molar-refractivity contribution is 0.0607. The molecule has 8 bridgehead atoms. The van der Waals surface area contributed by atoms with Crippen LogP contribution in [0.25, 0.3) is 43.1 Å². The number of hydrogen-bond acceptors (Lipinski definition) is 12. The minimum absolute atomic E-state index is 0.125. The van der Waals surface area contributed by atoms with E-state index in [-0.39, 0.29) is 116 Å². The van der Waals surface area contributed by atoms with Crippen LogP contribution in [0.4, 0.5) is 5.69 Å². The number of anilines is 1. The van der Waals surface area contributed by atoms with E-state index in [1.165, 1.54) is 9.80 Å². The molecule has 122 heavy (non-hydrogen) atoms. The molecule has 0 saturated carbocycles. The molecule has 4 amide bonds. The van der Waals surface area contributed by atoms with Gasteiger partial charge in [-0.15, -0.1) is 0 Å². The van der Waals surface area contributed by atoms with E-state index in [4.69, 9.17) is 37.9 Å². The van der Waals surface area contributed by atoms with Crippen molar-refractivity contribution in [1.29, 1.82) is 0 Å².